The van der Waals surface area contributed by atoms with Gasteiger partial charge in [-0.25, -0.2) is 9.97 Å². The summed E-state index contributed by atoms with van der Waals surface area (Å²) in [6.45, 7) is 2.43. The van der Waals surface area contributed by atoms with Gasteiger partial charge in [0.15, 0.2) is 0 Å². The number of fused-ring (bicyclic) bond motifs is 1. The molecule has 2 amide bonds. The smallest absolute Gasteiger partial charge is 0.270 e. The predicted molar refractivity (Wildman–Crippen MR) is 101 cm³/mol. The molecule has 1 aromatic heterocycles. The highest BCUT2D eigenvalue weighted by molar-refractivity contribution is 5.97. The minimum Gasteiger partial charge on any atom is -0.357 e. The second-order valence-electron chi connectivity index (χ2n) is 7.11. The molecule has 7 heteroatoms. The maximum atomic E-state index is 12.8. The number of anilines is 1. The van der Waals surface area contributed by atoms with Gasteiger partial charge in [0.1, 0.15) is 23.9 Å². The zero-order chi connectivity index (χ0) is 18.8. The molecule has 1 unspecified atom stereocenters. The van der Waals surface area contributed by atoms with Crippen molar-refractivity contribution in [3.63, 3.8) is 0 Å². The van der Waals surface area contributed by atoms with Gasteiger partial charge in [-0.2, -0.15) is 0 Å². The van der Waals surface area contributed by atoms with Gasteiger partial charge in [-0.1, -0.05) is 24.3 Å². The lowest BCUT2D eigenvalue weighted by molar-refractivity contribution is -0.133. The van der Waals surface area contributed by atoms with Crippen LogP contribution in [0.15, 0.2) is 36.7 Å². The van der Waals surface area contributed by atoms with Crippen LogP contribution in [-0.4, -0.2) is 46.8 Å². The van der Waals surface area contributed by atoms with Crippen LogP contribution in [0.2, 0.25) is 0 Å². The normalized spacial score (nSPS) is 19.6. The Labute approximate surface area is 158 Å². The van der Waals surface area contributed by atoms with E-state index in [9.17, 15) is 9.59 Å². The van der Waals surface area contributed by atoms with Crippen molar-refractivity contribution in [2.45, 2.75) is 31.8 Å². The van der Waals surface area contributed by atoms with Gasteiger partial charge >= 0.3 is 0 Å². The van der Waals surface area contributed by atoms with Gasteiger partial charge in [0.25, 0.3) is 5.91 Å². The van der Waals surface area contributed by atoms with Crippen LogP contribution in [-0.2, 0) is 11.3 Å². The number of carbonyl (C=O) groups is 2. The molecule has 4 rings (SSSR count). The number of rotatable bonds is 3. The van der Waals surface area contributed by atoms with Crippen LogP contribution in [0.1, 0.15) is 46.9 Å². The van der Waals surface area contributed by atoms with Crippen molar-refractivity contribution in [2.75, 3.05) is 25.0 Å². The van der Waals surface area contributed by atoms with Crippen LogP contribution < -0.4 is 10.2 Å². The van der Waals surface area contributed by atoms with E-state index in [2.05, 4.69) is 20.2 Å². The monoisotopic (exact) mass is 365 g/mol. The maximum absolute atomic E-state index is 12.8. The second-order valence-corrected chi connectivity index (χ2v) is 7.11. The van der Waals surface area contributed by atoms with E-state index in [1.165, 1.54) is 12.7 Å². The number of aromatic nitrogens is 2. The second kappa shape index (κ2) is 7.34. The molecule has 7 nitrogen and oxygen atoms in total. The van der Waals surface area contributed by atoms with Crippen LogP contribution in [0.25, 0.3) is 0 Å². The van der Waals surface area contributed by atoms with Gasteiger partial charge in [-0.05, 0) is 30.4 Å². The summed E-state index contributed by atoms with van der Waals surface area (Å²) in [7, 11) is 1.75. The lowest BCUT2D eigenvalue weighted by atomic mass is 9.95. The van der Waals surface area contributed by atoms with Crippen LogP contribution >= 0.6 is 0 Å². The van der Waals surface area contributed by atoms with Gasteiger partial charge in [-0.3, -0.25) is 9.59 Å². The molecule has 2 aliphatic heterocycles. The highest BCUT2D eigenvalue weighted by Crippen LogP contribution is 2.27. The summed E-state index contributed by atoms with van der Waals surface area (Å²) in [4.78, 5) is 37.7. The Morgan fingerprint density at radius 3 is 2.74 bits per heavy atom. The summed E-state index contributed by atoms with van der Waals surface area (Å²) in [5.74, 6) is 0.286. The van der Waals surface area contributed by atoms with Gasteiger partial charge in [-0.15, -0.1) is 0 Å². The third-order valence-electron chi connectivity index (χ3n) is 5.24. The van der Waals surface area contributed by atoms with Crippen LogP contribution in [0.5, 0.6) is 0 Å². The molecule has 1 saturated heterocycles. The molecular weight excluding hydrogens is 342 g/mol. The fraction of sp³-hybridized carbons (Fsp3) is 0.400. The standard InChI is InChI=1S/C20H23N5O2/c1-24-12-14-7-3-4-8-15(14)18(20(24)27)23-19(26)16-11-17(22-13-21-16)25-9-5-2-6-10-25/h3-4,7-8,11,13,18H,2,5-6,9-10,12H2,1H3,(H,23,26). The number of hydrogen-bond donors (Lipinski definition) is 1. The number of nitrogens with one attached hydrogen (secondary N) is 1. The zero-order valence-electron chi connectivity index (χ0n) is 15.4. The van der Waals surface area contributed by atoms with Crippen molar-refractivity contribution < 1.29 is 9.59 Å². The first-order valence-corrected chi connectivity index (χ1v) is 9.34. The Kier molecular flexibility index (Phi) is 4.75. The first-order valence-electron chi connectivity index (χ1n) is 9.34. The molecule has 0 radical (unpaired) electrons. The molecule has 27 heavy (non-hydrogen) atoms. The Morgan fingerprint density at radius 2 is 1.93 bits per heavy atom. The third-order valence-corrected chi connectivity index (χ3v) is 5.24. The van der Waals surface area contributed by atoms with E-state index in [1.807, 2.05) is 24.3 Å². The molecule has 0 spiro atoms. The lowest BCUT2D eigenvalue weighted by Crippen LogP contribution is -2.45. The van der Waals surface area contributed by atoms with Gasteiger partial charge in [0.05, 0.1) is 0 Å². The SMILES string of the molecule is CN1Cc2ccccc2C(NC(=O)c2cc(N3CCCCC3)ncn2)C1=O. The first-order chi connectivity index (χ1) is 13.1. The summed E-state index contributed by atoms with van der Waals surface area (Å²) in [5, 5.41) is 2.86. The van der Waals surface area contributed by atoms with Gasteiger partial charge in [0.2, 0.25) is 5.91 Å². The van der Waals surface area contributed by atoms with E-state index in [-0.39, 0.29) is 17.5 Å². The number of amides is 2. The molecule has 2 aliphatic rings. The van der Waals surface area contributed by atoms with E-state index >= 15 is 0 Å². The van der Waals surface area contributed by atoms with Crippen LogP contribution in [0, 0.1) is 0 Å². The van der Waals surface area contributed by atoms with Crippen molar-refractivity contribution in [3.05, 3.63) is 53.5 Å². The van der Waals surface area contributed by atoms with Crippen molar-refractivity contribution in [1.29, 1.82) is 0 Å². The highest BCUT2D eigenvalue weighted by Gasteiger charge is 2.32. The van der Waals surface area contributed by atoms with Crippen molar-refractivity contribution >= 4 is 17.6 Å². The average molecular weight is 365 g/mol. The zero-order valence-corrected chi connectivity index (χ0v) is 15.4. The lowest BCUT2D eigenvalue weighted by Gasteiger charge is -2.32. The predicted octanol–water partition coefficient (Wildman–Crippen LogP) is 1.91. The number of likely N-dealkylation sites (N-methyl/N-ethyl adjacent to an activating group) is 1. The fourth-order valence-corrected chi connectivity index (χ4v) is 3.76. The minimum atomic E-state index is -0.694. The molecule has 1 atom stereocenters. The van der Waals surface area contributed by atoms with E-state index in [4.69, 9.17) is 0 Å². The molecule has 1 N–H and O–H groups in total. The summed E-state index contributed by atoms with van der Waals surface area (Å²) in [6.07, 6.45) is 4.91. The molecular formula is C20H23N5O2. The number of nitrogens with zero attached hydrogens (tertiary/aromatic N) is 4. The van der Waals surface area contributed by atoms with Crippen LogP contribution in [0.3, 0.4) is 0 Å². The first kappa shape index (κ1) is 17.5. The van der Waals surface area contributed by atoms with E-state index < -0.39 is 6.04 Å². The fourth-order valence-electron chi connectivity index (χ4n) is 3.76. The number of carbonyl (C=O) groups excluding carboxylic acids is 2. The number of hydrogen-bond acceptors (Lipinski definition) is 5. The topological polar surface area (TPSA) is 78.4 Å². The van der Waals surface area contributed by atoms with Crippen molar-refractivity contribution in [1.82, 2.24) is 20.2 Å². The molecule has 0 aliphatic carbocycles. The maximum Gasteiger partial charge on any atom is 0.270 e. The molecule has 0 saturated carbocycles. The van der Waals surface area contributed by atoms with Crippen molar-refractivity contribution in [3.8, 4) is 0 Å². The summed E-state index contributed by atoms with van der Waals surface area (Å²) >= 11 is 0. The summed E-state index contributed by atoms with van der Waals surface area (Å²) in [5.41, 5.74) is 2.17. The van der Waals surface area contributed by atoms with Crippen molar-refractivity contribution in [2.24, 2.45) is 0 Å². The Bertz CT molecular complexity index is 863. The average Bonchev–Trinajstić information content (AvgIpc) is 2.72. The minimum absolute atomic E-state index is 0.118. The third kappa shape index (κ3) is 3.49. The quantitative estimate of drug-likeness (QED) is 0.899. The summed E-state index contributed by atoms with van der Waals surface area (Å²) < 4.78 is 0. The largest absolute Gasteiger partial charge is 0.357 e. The molecule has 1 fully saturated rings. The summed E-state index contributed by atoms with van der Waals surface area (Å²) in [6, 6.07) is 8.72. The van der Waals surface area contributed by atoms with Gasteiger partial charge in [0, 0.05) is 32.7 Å². The molecule has 0 bridgehead atoms. The number of benzene rings is 1. The molecule has 2 aromatic rings. The molecule has 3 heterocycles. The number of piperidine rings is 1. The Morgan fingerprint density at radius 1 is 1.15 bits per heavy atom. The van der Waals surface area contributed by atoms with Crippen LogP contribution in [0.4, 0.5) is 5.82 Å². The van der Waals surface area contributed by atoms with E-state index in [1.54, 1.807) is 18.0 Å². The Balaban J connectivity index is 1.56. The molecule has 140 valence electrons. The van der Waals surface area contributed by atoms with E-state index in [0.29, 0.717) is 6.54 Å². The Hall–Kier alpha value is -2.96. The molecule has 1 aromatic carbocycles. The van der Waals surface area contributed by atoms with E-state index in [0.717, 1.165) is 42.9 Å². The van der Waals surface area contributed by atoms with Gasteiger partial charge < -0.3 is 15.1 Å². The highest BCUT2D eigenvalue weighted by atomic mass is 16.2.